The molecule has 1 aromatic rings. The first-order chi connectivity index (χ1) is 10.0. The topological polar surface area (TPSA) is 116 Å². The van der Waals surface area contributed by atoms with Crippen molar-refractivity contribution in [2.45, 2.75) is 12.3 Å². The Bertz CT molecular complexity index is 646. The van der Waals surface area contributed by atoms with Gasteiger partial charge in [-0.3, -0.25) is 9.59 Å². The molecule has 0 bridgehead atoms. The second-order valence-corrected chi connectivity index (χ2v) is 5.49. The average Bonchev–Trinajstić information content (AvgIpc) is 2.45. The number of hydrogen-bond donors (Lipinski definition) is 3. The molecule has 2 amide bonds. The number of nitrogens with one attached hydrogen (secondary N) is 1. The van der Waals surface area contributed by atoms with Gasteiger partial charge in [0.05, 0.1) is 22.4 Å². The molecule has 6 nitrogen and oxygen atoms in total. The fourth-order valence-corrected chi connectivity index (χ4v) is 2.88. The molecular weight excluding hydrogens is 290 g/mol. The number of carbonyl (C=O) groups excluding carboxylic acids is 2. The number of primary amides is 1. The van der Waals surface area contributed by atoms with Crippen LogP contribution in [0.1, 0.15) is 17.9 Å². The van der Waals surface area contributed by atoms with Crippen molar-refractivity contribution in [1.82, 2.24) is 5.32 Å². The number of phenols is 1. The van der Waals surface area contributed by atoms with E-state index in [1.165, 1.54) is 12.1 Å². The van der Waals surface area contributed by atoms with E-state index in [4.69, 9.17) is 5.73 Å². The van der Waals surface area contributed by atoms with Crippen molar-refractivity contribution in [3.05, 3.63) is 40.4 Å². The minimum atomic E-state index is -0.522. The molecule has 21 heavy (non-hydrogen) atoms. The smallest absolute Gasteiger partial charge is 0.227 e. The first kappa shape index (κ1) is 14.9. The van der Waals surface area contributed by atoms with E-state index in [2.05, 4.69) is 11.4 Å². The number of nitrogens with zero attached hydrogens (tertiary/aromatic N) is 1. The van der Waals surface area contributed by atoms with Crippen LogP contribution < -0.4 is 11.1 Å². The number of nitrogens with two attached hydrogens (primary N) is 1. The summed E-state index contributed by atoms with van der Waals surface area (Å²) in [4.78, 5) is 22.7. The van der Waals surface area contributed by atoms with Gasteiger partial charge in [-0.2, -0.15) is 5.26 Å². The summed E-state index contributed by atoms with van der Waals surface area (Å²) in [5, 5.41) is 21.7. The molecule has 1 aromatic carbocycles. The standard InChI is InChI=1S/C14H13N3O3S/c15-6-11-10(8-1-3-9(18)4-2-8)5-13(20)17-14(11)21-7-12(16)19/h1-4,10,18H,5,7H2,(H2,16,19)(H,17,20)/t10-/m0/s1. The fourth-order valence-electron chi connectivity index (χ4n) is 2.07. The van der Waals surface area contributed by atoms with Crippen LogP contribution in [0.3, 0.4) is 0 Å². The van der Waals surface area contributed by atoms with Crippen LogP contribution in [0, 0.1) is 11.3 Å². The van der Waals surface area contributed by atoms with Crippen molar-refractivity contribution in [3.8, 4) is 11.8 Å². The van der Waals surface area contributed by atoms with Crippen molar-refractivity contribution >= 4 is 23.6 Å². The van der Waals surface area contributed by atoms with E-state index in [0.29, 0.717) is 10.6 Å². The summed E-state index contributed by atoms with van der Waals surface area (Å²) in [5.74, 6) is -1.03. The van der Waals surface area contributed by atoms with Crippen molar-refractivity contribution in [2.24, 2.45) is 5.73 Å². The Hall–Kier alpha value is -2.46. The van der Waals surface area contributed by atoms with Gasteiger partial charge >= 0.3 is 0 Å². The molecule has 0 aromatic heterocycles. The molecule has 2 rings (SSSR count). The number of aromatic hydroxyl groups is 1. The van der Waals surface area contributed by atoms with Gasteiger partial charge in [0.25, 0.3) is 0 Å². The molecule has 108 valence electrons. The second-order valence-electron chi connectivity index (χ2n) is 4.51. The minimum absolute atomic E-state index is 0.0108. The van der Waals surface area contributed by atoms with Crippen LogP contribution in [0.2, 0.25) is 0 Å². The lowest BCUT2D eigenvalue weighted by Gasteiger charge is -2.24. The number of phenolic OH excluding ortho intramolecular Hbond substituents is 1. The largest absolute Gasteiger partial charge is 0.508 e. The van der Waals surface area contributed by atoms with Crippen molar-refractivity contribution in [2.75, 3.05) is 5.75 Å². The number of amides is 2. The molecule has 1 aliphatic rings. The highest BCUT2D eigenvalue weighted by Crippen LogP contribution is 2.36. The second kappa shape index (κ2) is 6.33. The maximum Gasteiger partial charge on any atom is 0.227 e. The van der Waals surface area contributed by atoms with Gasteiger partial charge in [0, 0.05) is 12.3 Å². The quantitative estimate of drug-likeness (QED) is 0.765. The van der Waals surface area contributed by atoms with E-state index in [0.717, 1.165) is 17.3 Å². The zero-order valence-electron chi connectivity index (χ0n) is 11.0. The molecule has 0 spiro atoms. The molecule has 1 atom stereocenters. The molecule has 0 fully saturated rings. The number of nitriles is 1. The summed E-state index contributed by atoms with van der Waals surface area (Å²) in [5.41, 5.74) is 6.24. The van der Waals surface area contributed by atoms with E-state index in [-0.39, 0.29) is 29.7 Å². The number of thioether (sulfide) groups is 1. The predicted octanol–water partition coefficient (Wildman–Crippen LogP) is 0.949. The number of benzene rings is 1. The summed E-state index contributed by atoms with van der Waals surface area (Å²) in [6.07, 6.45) is 0.147. The van der Waals surface area contributed by atoms with Gasteiger partial charge in [0.2, 0.25) is 11.8 Å². The molecule has 1 aliphatic heterocycles. The Morgan fingerprint density at radius 1 is 1.48 bits per heavy atom. The molecule has 0 saturated heterocycles. The Morgan fingerprint density at radius 2 is 2.14 bits per heavy atom. The zero-order valence-corrected chi connectivity index (χ0v) is 11.8. The highest BCUT2D eigenvalue weighted by atomic mass is 32.2. The van der Waals surface area contributed by atoms with Gasteiger partial charge in [-0.1, -0.05) is 23.9 Å². The van der Waals surface area contributed by atoms with Crippen LogP contribution >= 0.6 is 11.8 Å². The monoisotopic (exact) mass is 303 g/mol. The van der Waals surface area contributed by atoms with E-state index in [1.54, 1.807) is 12.1 Å². The highest BCUT2D eigenvalue weighted by Gasteiger charge is 2.29. The number of rotatable bonds is 4. The third kappa shape index (κ3) is 3.55. The molecule has 0 saturated carbocycles. The van der Waals surface area contributed by atoms with E-state index < -0.39 is 5.91 Å². The summed E-state index contributed by atoms with van der Waals surface area (Å²) in [6.45, 7) is 0. The summed E-state index contributed by atoms with van der Waals surface area (Å²) >= 11 is 1.04. The maximum atomic E-state index is 11.8. The van der Waals surface area contributed by atoms with Gasteiger partial charge in [0.1, 0.15) is 5.75 Å². The van der Waals surface area contributed by atoms with Crippen molar-refractivity contribution < 1.29 is 14.7 Å². The third-order valence-electron chi connectivity index (χ3n) is 3.01. The average molecular weight is 303 g/mol. The number of allylic oxidation sites excluding steroid dienone is 1. The summed E-state index contributed by atoms with van der Waals surface area (Å²) < 4.78 is 0. The van der Waals surface area contributed by atoms with Gasteiger partial charge in [-0.25, -0.2) is 0 Å². The van der Waals surface area contributed by atoms with Gasteiger partial charge in [0.15, 0.2) is 0 Å². The van der Waals surface area contributed by atoms with Crippen LogP contribution in [0.25, 0.3) is 0 Å². The molecule has 0 unspecified atom stereocenters. The molecular formula is C14H13N3O3S. The van der Waals surface area contributed by atoms with Crippen LogP contribution in [-0.4, -0.2) is 22.7 Å². The third-order valence-corrected chi connectivity index (χ3v) is 4.05. The Kier molecular flexibility index (Phi) is 4.50. The van der Waals surface area contributed by atoms with Crippen LogP contribution in [0.5, 0.6) is 5.75 Å². The van der Waals surface area contributed by atoms with Crippen molar-refractivity contribution in [3.63, 3.8) is 0 Å². The van der Waals surface area contributed by atoms with E-state index in [1.807, 2.05) is 0 Å². The Morgan fingerprint density at radius 3 is 2.71 bits per heavy atom. The lowest BCUT2D eigenvalue weighted by atomic mass is 9.87. The normalized spacial score (nSPS) is 18.0. The van der Waals surface area contributed by atoms with Crippen LogP contribution in [-0.2, 0) is 9.59 Å². The predicted molar refractivity (Wildman–Crippen MR) is 77.9 cm³/mol. The Labute approximate surface area is 125 Å². The molecule has 1 heterocycles. The molecule has 0 radical (unpaired) electrons. The highest BCUT2D eigenvalue weighted by molar-refractivity contribution is 8.03. The SMILES string of the molecule is N#CC1=C(SCC(N)=O)NC(=O)C[C@H]1c1ccc(O)cc1. The number of carbonyl (C=O) groups is 2. The molecule has 4 N–H and O–H groups in total. The molecule has 7 heteroatoms. The summed E-state index contributed by atoms with van der Waals surface area (Å²) in [7, 11) is 0. The molecule has 0 aliphatic carbocycles. The van der Waals surface area contributed by atoms with E-state index in [9.17, 15) is 20.0 Å². The first-order valence-electron chi connectivity index (χ1n) is 6.15. The Balaban J connectivity index is 2.36. The van der Waals surface area contributed by atoms with Crippen LogP contribution in [0.4, 0.5) is 0 Å². The first-order valence-corrected chi connectivity index (χ1v) is 7.14. The van der Waals surface area contributed by atoms with Gasteiger partial charge in [-0.15, -0.1) is 0 Å². The van der Waals surface area contributed by atoms with E-state index >= 15 is 0 Å². The minimum Gasteiger partial charge on any atom is -0.508 e. The van der Waals surface area contributed by atoms with Crippen molar-refractivity contribution in [1.29, 1.82) is 5.26 Å². The lowest BCUT2D eigenvalue weighted by molar-refractivity contribution is -0.121. The summed E-state index contributed by atoms with van der Waals surface area (Å²) in [6, 6.07) is 8.45. The van der Waals surface area contributed by atoms with Crippen LogP contribution in [0.15, 0.2) is 34.9 Å². The van der Waals surface area contributed by atoms with Gasteiger partial charge < -0.3 is 16.2 Å². The number of hydrogen-bond acceptors (Lipinski definition) is 5. The maximum absolute atomic E-state index is 11.8. The van der Waals surface area contributed by atoms with Gasteiger partial charge in [-0.05, 0) is 17.7 Å². The zero-order chi connectivity index (χ0) is 15.4. The lowest BCUT2D eigenvalue weighted by Crippen LogP contribution is -2.31. The fraction of sp³-hybridized carbons (Fsp3) is 0.214.